The van der Waals surface area contributed by atoms with Crippen molar-refractivity contribution >= 4 is 28.9 Å². The highest BCUT2D eigenvalue weighted by molar-refractivity contribution is 6.31. The summed E-state index contributed by atoms with van der Waals surface area (Å²) < 4.78 is 5.08. The summed E-state index contributed by atoms with van der Waals surface area (Å²) in [6, 6.07) is 11.4. The van der Waals surface area contributed by atoms with E-state index in [1.807, 2.05) is 6.07 Å². The molecule has 0 fully saturated rings. The van der Waals surface area contributed by atoms with Crippen LogP contribution in [-0.4, -0.2) is 36.0 Å². The molecule has 26 heavy (non-hydrogen) atoms. The maximum Gasteiger partial charge on any atom is 0.269 e. The lowest BCUT2D eigenvalue weighted by molar-refractivity contribution is -0.384. The van der Waals surface area contributed by atoms with Gasteiger partial charge in [-0.25, -0.2) is 0 Å². The molecule has 1 atom stereocenters. The lowest BCUT2D eigenvalue weighted by Gasteiger charge is -2.38. The largest absolute Gasteiger partial charge is 0.385 e. The lowest BCUT2D eigenvalue weighted by atomic mass is 10.0. The number of non-ortho nitro benzene ring substituents is 1. The number of benzene rings is 2. The summed E-state index contributed by atoms with van der Waals surface area (Å²) in [6.07, 6.45) is 0.0384. The first-order chi connectivity index (χ1) is 12.5. The average Bonchev–Trinajstić information content (AvgIpc) is 2.64. The number of nitro benzene ring substituents is 1. The third-order valence-corrected chi connectivity index (χ3v) is 4.60. The van der Waals surface area contributed by atoms with E-state index < -0.39 is 11.1 Å². The average molecular weight is 376 g/mol. The molecule has 3 rings (SSSR count). The molecule has 1 N–H and O–H groups in total. The minimum absolute atomic E-state index is 0.0747. The van der Waals surface area contributed by atoms with Gasteiger partial charge in [0, 0.05) is 48.7 Å². The number of para-hydroxylation sites is 1. The summed E-state index contributed by atoms with van der Waals surface area (Å²) in [5, 5.41) is 14.8. The molecule has 7 nitrogen and oxygen atoms in total. The Bertz CT molecular complexity index is 843. The molecule has 0 saturated heterocycles. The van der Waals surface area contributed by atoms with Crippen molar-refractivity contribution in [1.82, 2.24) is 4.90 Å². The second-order valence-corrected chi connectivity index (χ2v) is 6.31. The van der Waals surface area contributed by atoms with Gasteiger partial charge in [-0.3, -0.25) is 14.9 Å². The quantitative estimate of drug-likeness (QED) is 0.471. The molecule has 0 saturated carbocycles. The van der Waals surface area contributed by atoms with Crippen molar-refractivity contribution in [1.29, 1.82) is 0 Å². The van der Waals surface area contributed by atoms with E-state index in [1.165, 1.54) is 18.2 Å². The molecule has 2 aromatic carbocycles. The zero-order valence-electron chi connectivity index (χ0n) is 14.1. The molecule has 0 spiro atoms. The number of hydrogen-bond acceptors (Lipinski definition) is 5. The molecule has 0 aromatic heterocycles. The van der Waals surface area contributed by atoms with Crippen LogP contribution in [0.1, 0.15) is 28.5 Å². The first kappa shape index (κ1) is 18.2. The molecule has 136 valence electrons. The summed E-state index contributed by atoms with van der Waals surface area (Å²) >= 11 is 6.31. The van der Waals surface area contributed by atoms with Crippen LogP contribution in [0.3, 0.4) is 0 Å². The van der Waals surface area contributed by atoms with Crippen LogP contribution in [0.4, 0.5) is 11.4 Å². The van der Waals surface area contributed by atoms with Crippen LogP contribution in [0.2, 0.25) is 5.02 Å². The van der Waals surface area contributed by atoms with E-state index in [1.54, 1.807) is 30.2 Å². The van der Waals surface area contributed by atoms with Crippen LogP contribution >= 0.6 is 11.6 Å². The number of ether oxygens (including phenoxy) is 1. The van der Waals surface area contributed by atoms with Crippen molar-refractivity contribution in [3.05, 3.63) is 68.7 Å². The molecule has 1 unspecified atom stereocenters. The molecule has 0 radical (unpaired) electrons. The van der Waals surface area contributed by atoms with Gasteiger partial charge in [0.25, 0.3) is 11.6 Å². The predicted molar refractivity (Wildman–Crippen MR) is 98.4 cm³/mol. The van der Waals surface area contributed by atoms with Crippen LogP contribution in [-0.2, 0) is 4.74 Å². The zero-order valence-corrected chi connectivity index (χ0v) is 14.9. The van der Waals surface area contributed by atoms with Gasteiger partial charge in [-0.05, 0) is 24.6 Å². The van der Waals surface area contributed by atoms with E-state index in [0.717, 1.165) is 0 Å². The van der Waals surface area contributed by atoms with Crippen LogP contribution in [0, 0.1) is 10.1 Å². The second kappa shape index (κ2) is 7.72. The smallest absolute Gasteiger partial charge is 0.269 e. The Kier molecular flexibility index (Phi) is 5.39. The number of methoxy groups -OCH3 is 1. The Labute approximate surface area is 155 Å². The summed E-state index contributed by atoms with van der Waals surface area (Å²) in [5.41, 5.74) is 1.64. The van der Waals surface area contributed by atoms with Crippen molar-refractivity contribution in [2.75, 3.05) is 25.6 Å². The van der Waals surface area contributed by atoms with Crippen molar-refractivity contribution in [2.45, 2.75) is 12.6 Å². The maximum atomic E-state index is 13.0. The van der Waals surface area contributed by atoms with E-state index in [0.29, 0.717) is 41.4 Å². The number of fused-ring (bicyclic) bond motifs is 1. The fourth-order valence-electron chi connectivity index (χ4n) is 3.00. The first-order valence-corrected chi connectivity index (χ1v) is 8.50. The van der Waals surface area contributed by atoms with E-state index in [-0.39, 0.29) is 11.6 Å². The minimum Gasteiger partial charge on any atom is -0.385 e. The van der Waals surface area contributed by atoms with Gasteiger partial charge in [0.15, 0.2) is 0 Å². The summed E-state index contributed by atoms with van der Waals surface area (Å²) in [7, 11) is 1.60. The van der Waals surface area contributed by atoms with Gasteiger partial charge in [0.1, 0.15) is 6.17 Å². The molecule has 2 aromatic rings. The number of hydrogen-bond donors (Lipinski definition) is 1. The van der Waals surface area contributed by atoms with Gasteiger partial charge >= 0.3 is 0 Å². The Morgan fingerprint density at radius 2 is 2.08 bits per heavy atom. The topological polar surface area (TPSA) is 84.7 Å². The van der Waals surface area contributed by atoms with Gasteiger partial charge < -0.3 is 15.0 Å². The van der Waals surface area contributed by atoms with Gasteiger partial charge in [-0.1, -0.05) is 23.7 Å². The summed E-state index contributed by atoms with van der Waals surface area (Å²) in [6.45, 7) is 0.929. The number of rotatable bonds is 6. The molecule has 0 bridgehead atoms. The molecule has 8 heteroatoms. The fourth-order valence-corrected chi connectivity index (χ4v) is 3.22. The molecule has 1 aliphatic heterocycles. The Balaban J connectivity index is 2.03. The number of carbonyl (C=O) groups is 1. The molecular formula is C18H18ClN3O4. The van der Waals surface area contributed by atoms with Gasteiger partial charge in [0.2, 0.25) is 0 Å². The van der Waals surface area contributed by atoms with E-state index >= 15 is 0 Å². The van der Waals surface area contributed by atoms with E-state index in [2.05, 4.69) is 5.32 Å². The predicted octanol–water partition coefficient (Wildman–Crippen LogP) is 3.85. The van der Waals surface area contributed by atoms with E-state index in [9.17, 15) is 14.9 Å². The third-order valence-electron chi connectivity index (χ3n) is 4.25. The van der Waals surface area contributed by atoms with Crippen molar-refractivity contribution < 1.29 is 14.5 Å². The van der Waals surface area contributed by atoms with Crippen molar-refractivity contribution in [3.8, 4) is 0 Å². The van der Waals surface area contributed by atoms with E-state index in [4.69, 9.17) is 16.3 Å². The molecule has 1 amide bonds. The van der Waals surface area contributed by atoms with Crippen LogP contribution in [0.5, 0.6) is 0 Å². The van der Waals surface area contributed by atoms with Crippen LogP contribution < -0.4 is 5.32 Å². The molecule has 1 aliphatic rings. The zero-order chi connectivity index (χ0) is 18.7. The highest BCUT2D eigenvalue weighted by atomic mass is 35.5. The van der Waals surface area contributed by atoms with Crippen molar-refractivity contribution in [3.63, 3.8) is 0 Å². The number of anilines is 1. The maximum absolute atomic E-state index is 13.0. The van der Waals surface area contributed by atoms with Crippen molar-refractivity contribution in [2.24, 2.45) is 0 Å². The molecule has 0 aliphatic carbocycles. The molecular weight excluding hydrogens is 358 g/mol. The first-order valence-electron chi connectivity index (χ1n) is 8.12. The van der Waals surface area contributed by atoms with Gasteiger partial charge in [-0.15, -0.1) is 0 Å². The highest BCUT2D eigenvalue weighted by Crippen LogP contribution is 2.37. The Morgan fingerprint density at radius 1 is 1.31 bits per heavy atom. The lowest BCUT2D eigenvalue weighted by Crippen LogP contribution is -2.43. The second-order valence-electron chi connectivity index (χ2n) is 5.90. The normalized spacial score (nSPS) is 16.2. The monoisotopic (exact) mass is 375 g/mol. The number of nitro groups is 1. The number of carbonyl (C=O) groups excluding carboxylic acids is 1. The molecule has 1 heterocycles. The number of nitrogens with zero attached hydrogens (tertiary/aromatic N) is 2. The standard InChI is InChI=1S/C18H18ClN3O4/c1-26-10-4-9-21-17(14-11-12(22(24)25)7-8-15(14)19)20-16-6-3-2-5-13(16)18(21)23/h2-3,5-8,11,17,20H,4,9-10H2,1H3. The number of nitrogens with one attached hydrogen (secondary N) is 1. The minimum atomic E-state index is -0.596. The Morgan fingerprint density at radius 3 is 2.81 bits per heavy atom. The van der Waals surface area contributed by atoms with Gasteiger partial charge in [-0.2, -0.15) is 0 Å². The van der Waals surface area contributed by atoms with Crippen LogP contribution in [0.15, 0.2) is 42.5 Å². The third kappa shape index (κ3) is 3.49. The highest BCUT2D eigenvalue weighted by Gasteiger charge is 2.34. The summed E-state index contributed by atoms with van der Waals surface area (Å²) in [4.78, 5) is 25.3. The number of amides is 1. The van der Waals surface area contributed by atoms with Crippen LogP contribution in [0.25, 0.3) is 0 Å². The SMILES string of the molecule is COCCCN1C(=O)c2ccccc2NC1c1cc([N+](=O)[O-])ccc1Cl. The fraction of sp³-hybridized carbons (Fsp3) is 0.278. The summed E-state index contributed by atoms with van der Waals surface area (Å²) in [5.74, 6) is -0.150. The Hall–Kier alpha value is -2.64. The van der Waals surface area contributed by atoms with Gasteiger partial charge in [0.05, 0.1) is 10.5 Å². The number of halogens is 1.